The third kappa shape index (κ3) is 5.48. The first-order chi connectivity index (χ1) is 8.89. The second-order valence-electron chi connectivity index (χ2n) is 9.02. The van der Waals surface area contributed by atoms with Crippen LogP contribution in [0.1, 0.15) is 98.3 Å². The zero-order valence-corrected chi connectivity index (χ0v) is 13.9. The van der Waals surface area contributed by atoms with Gasteiger partial charge in [0, 0.05) is 0 Å². The summed E-state index contributed by atoms with van der Waals surface area (Å²) in [5.41, 5.74) is 1.19. The van der Waals surface area contributed by atoms with Crippen molar-refractivity contribution in [3.05, 3.63) is 0 Å². The molecule has 0 aromatic rings. The molecule has 0 N–H and O–H groups in total. The molecule has 2 aliphatic carbocycles. The molecule has 0 nitrogen and oxygen atoms in total. The van der Waals surface area contributed by atoms with Crippen molar-refractivity contribution < 1.29 is 0 Å². The average Bonchev–Trinajstić information content (AvgIpc) is 3.13. The van der Waals surface area contributed by atoms with Gasteiger partial charge in [-0.05, 0) is 54.8 Å². The van der Waals surface area contributed by atoms with Gasteiger partial charge < -0.3 is 0 Å². The molecule has 0 amide bonds. The number of rotatable bonds is 3. The van der Waals surface area contributed by atoms with Gasteiger partial charge in [0.25, 0.3) is 0 Å². The largest absolute Gasteiger partial charge is 0.0625 e. The molecule has 0 aromatic heterocycles. The van der Waals surface area contributed by atoms with Crippen LogP contribution in [0, 0.1) is 22.7 Å². The summed E-state index contributed by atoms with van der Waals surface area (Å²) in [5, 5.41) is 0. The van der Waals surface area contributed by atoms with Crippen LogP contribution in [0.3, 0.4) is 0 Å². The van der Waals surface area contributed by atoms with Crippen LogP contribution in [0.25, 0.3) is 0 Å². The van der Waals surface area contributed by atoms with Crippen LogP contribution in [0.5, 0.6) is 0 Å². The fourth-order valence-electron chi connectivity index (χ4n) is 4.34. The zero-order chi connectivity index (χ0) is 13.9. The van der Waals surface area contributed by atoms with E-state index >= 15 is 0 Å². The molecule has 19 heavy (non-hydrogen) atoms. The van der Waals surface area contributed by atoms with Gasteiger partial charge in [-0.3, -0.25) is 0 Å². The number of hydrogen-bond acceptors (Lipinski definition) is 0. The molecular weight excluding hydrogens is 228 g/mol. The quantitative estimate of drug-likeness (QED) is 0.539. The Morgan fingerprint density at radius 1 is 0.895 bits per heavy atom. The maximum Gasteiger partial charge on any atom is -0.0321 e. The Bertz CT molecular complexity index is 274. The van der Waals surface area contributed by atoms with E-state index in [9.17, 15) is 0 Å². The van der Waals surface area contributed by atoms with E-state index in [0.717, 1.165) is 11.8 Å². The summed E-state index contributed by atoms with van der Waals surface area (Å²) in [4.78, 5) is 0. The lowest BCUT2D eigenvalue weighted by atomic mass is 9.66. The van der Waals surface area contributed by atoms with Crippen molar-refractivity contribution in [3.8, 4) is 0 Å². The summed E-state index contributed by atoms with van der Waals surface area (Å²) in [6.45, 7) is 10.1. The molecule has 2 rings (SSSR count). The van der Waals surface area contributed by atoms with E-state index in [0.29, 0.717) is 10.8 Å². The predicted molar refractivity (Wildman–Crippen MR) is 85.3 cm³/mol. The van der Waals surface area contributed by atoms with Crippen LogP contribution in [0.15, 0.2) is 0 Å². The maximum absolute atomic E-state index is 2.60. The van der Waals surface area contributed by atoms with E-state index in [1.165, 1.54) is 70.6 Å². The Morgan fingerprint density at radius 3 is 2.32 bits per heavy atom. The molecule has 112 valence electrons. The minimum atomic E-state index is 0.568. The van der Waals surface area contributed by atoms with E-state index in [2.05, 4.69) is 27.7 Å². The van der Waals surface area contributed by atoms with Gasteiger partial charge in [0.1, 0.15) is 0 Å². The molecule has 0 radical (unpaired) electrons. The molecule has 2 saturated carbocycles. The standard InChI is InChI=1S/C19H36/c1-16-7-5-6-12-18(2,3)15-19(4,13-10-16)14-11-17-8-9-17/h16-17H,5-15H2,1-4H3. The predicted octanol–water partition coefficient (Wildman–Crippen LogP) is 6.59. The molecule has 0 heteroatoms. The molecule has 2 unspecified atom stereocenters. The lowest BCUT2D eigenvalue weighted by Gasteiger charge is -2.40. The van der Waals surface area contributed by atoms with Crippen molar-refractivity contribution in [2.24, 2.45) is 22.7 Å². The van der Waals surface area contributed by atoms with Crippen LogP contribution in [-0.4, -0.2) is 0 Å². The summed E-state index contributed by atoms with van der Waals surface area (Å²) in [6, 6.07) is 0. The summed E-state index contributed by atoms with van der Waals surface area (Å²) in [5.74, 6) is 2.06. The molecular formula is C19H36. The van der Waals surface area contributed by atoms with Gasteiger partial charge in [0.05, 0.1) is 0 Å². The first-order valence-electron chi connectivity index (χ1n) is 8.89. The summed E-state index contributed by atoms with van der Waals surface area (Å²) in [7, 11) is 0. The molecule has 0 heterocycles. The van der Waals surface area contributed by atoms with Gasteiger partial charge in [-0.2, -0.15) is 0 Å². The second-order valence-corrected chi connectivity index (χ2v) is 9.02. The third-order valence-corrected chi connectivity index (χ3v) is 5.80. The first-order valence-corrected chi connectivity index (χ1v) is 8.89. The summed E-state index contributed by atoms with van der Waals surface area (Å²) < 4.78 is 0. The Kier molecular flexibility index (Phi) is 5.01. The fraction of sp³-hybridized carbons (Fsp3) is 1.00. The smallest absolute Gasteiger partial charge is 0.0321 e. The lowest BCUT2D eigenvalue weighted by Crippen LogP contribution is -2.27. The van der Waals surface area contributed by atoms with E-state index in [1.807, 2.05) is 0 Å². The normalized spacial score (nSPS) is 36.9. The highest BCUT2D eigenvalue weighted by molar-refractivity contribution is 4.86. The SMILES string of the molecule is CC1CCCCC(C)(C)CC(C)(CCC2CC2)CC1. The molecule has 2 atom stereocenters. The number of hydrogen-bond donors (Lipinski definition) is 0. The van der Waals surface area contributed by atoms with Crippen molar-refractivity contribution >= 4 is 0 Å². The van der Waals surface area contributed by atoms with E-state index in [4.69, 9.17) is 0 Å². The Balaban J connectivity index is 1.96. The van der Waals surface area contributed by atoms with E-state index in [1.54, 1.807) is 0 Å². The highest BCUT2D eigenvalue weighted by Gasteiger charge is 2.34. The van der Waals surface area contributed by atoms with Crippen LogP contribution in [-0.2, 0) is 0 Å². The van der Waals surface area contributed by atoms with Crippen molar-refractivity contribution in [3.63, 3.8) is 0 Å². The Morgan fingerprint density at radius 2 is 1.63 bits per heavy atom. The lowest BCUT2D eigenvalue weighted by molar-refractivity contribution is 0.119. The van der Waals surface area contributed by atoms with Gasteiger partial charge in [-0.1, -0.05) is 66.2 Å². The second kappa shape index (κ2) is 6.19. The van der Waals surface area contributed by atoms with Gasteiger partial charge in [0.2, 0.25) is 0 Å². The molecule has 0 saturated heterocycles. The fourth-order valence-corrected chi connectivity index (χ4v) is 4.34. The zero-order valence-electron chi connectivity index (χ0n) is 13.9. The van der Waals surface area contributed by atoms with Crippen LogP contribution in [0.4, 0.5) is 0 Å². The molecule has 0 aromatic carbocycles. The van der Waals surface area contributed by atoms with Gasteiger partial charge in [0.15, 0.2) is 0 Å². The highest BCUT2D eigenvalue weighted by atomic mass is 14.4. The molecule has 2 aliphatic rings. The Hall–Kier alpha value is 0. The van der Waals surface area contributed by atoms with Gasteiger partial charge in [-0.15, -0.1) is 0 Å². The van der Waals surface area contributed by atoms with Crippen molar-refractivity contribution in [2.45, 2.75) is 98.3 Å². The van der Waals surface area contributed by atoms with Crippen LogP contribution in [0.2, 0.25) is 0 Å². The molecule has 2 fully saturated rings. The van der Waals surface area contributed by atoms with Crippen molar-refractivity contribution in [2.75, 3.05) is 0 Å². The average molecular weight is 264 g/mol. The minimum absolute atomic E-state index is 0.568. The molecule has 0 bridgehead atoms. The van der Waals surface area contributed by atoms with E-state index in [-0.39, 0.29) is 0 Å². The van der Waals surface area contributed by atoms with Gasteiger partial charge >= 0.3 is 0 Å². The monoisotopic (exact) mass is 264 g/mol. The van der Waals surface area contributed by atoms with Gasteiger partial charge in [-0.25, -0.2) is 0 Å². The third-order valence-electron chi connectivity index (χ3n) is 5.80. The molecule has 0 aliphatic heterocycles. The van der Waals surface area contributed by atoms with E-state index < -0.39 is 0 Å². The first kappa shape index (κ1) is 15.4. The Labute approximate surface area is 121 Å². The highest BCUT2D eigenvalue weighted by Crippen LogP contribution is 2.47. The topological polar surface area (TPSA) is 0 Å². The van der Waals surface area contributed by atoms with Crippen molar-refractivity contribution in [1.82, 2.24) is 0 Å². The van der Waals surface area contributed by atoms with Crippen LogP contribution >= 0.6 is 0 Å². The summed E-state index contributed by atoms with van der Waals surface area (Å²) >= 11 is 0. The minimum Gasteiger partial charge on any atom is -0.0625 e. The maximum atomic E-state index is 2.60. The van der Waals surface area contributed by atoms with Crippen molar-refractivity contribution in [1.29, 1.82) is 0 Å². The molecule has 0 spiro atoms. The van der Waals surface area contributed by atoms with Crippen LogP contribution < -0.4 is 0 Å². The summed E-state index contributed by atoms with van der Waals surface area (Å²) in [6.07, 6.45) is 16.3.